The molecule has 3 rings (SSSR count). The first-order valence-corrected chi connectivity index (χ1v) is 6.60. The second-order valence-corrected chi connectivity index (χ2v) is 6.32. The summed E-state index contributed by atoms with van der Waals surface area (Å²) >= 11 is 2.06. The Bertz CT molecular complexity index is 380. The molecule has 2 aliphatic rings. The van der Waals surface area contributed by atoms with Crippen LogP contribution in [0.4, 0.5) is 0 Å². The molecule has 1 heterocycles. The second-order valence-electron chi connectivity index (χ2n) is 4.81. The van der Waals surface area contributed by atoms with Gasteiger partial charge in [0, 0.05) is 9.64 Å². The van der Waals surface area contributed by atoms with Crippen molar-refractivity contribution in [2.75, 3.05) is 0 Å². The van der Waals surface area contributed by atoms with Gasteiger partial charge in [0.15, 0.2) is 0 Å². The highest BCUT2D eigenvalue weighted by Crippen LogP contribution is 2.52. The van der Waals surface area contributed by atoms with E-state index in [1.165, 1.54) is 49.0 Å². The van der Waals surface area contributed by atoms with Gasteiger partial charge in [-0.05, 0) is 43.0 Å². The third kappa shape index (κ3) is 1.65. The summed E-state index contributed by atoms with van der Waals surface area (Å²) in [6, 6.07) is 5.85. The van der Waals surface area contributed by atoms with E-state index in [1.54, 1.807) is 0 Å². The molecule has 0 bridgehead atoms. The van der Waals surface area contributed by atoms with Crippen LogP contribution < -0.4 is 0 Å². The third-order valence-electron chi connectivity index (χ3n) is 3.65. The average molecular weight is 220 g/mol. The molecule has 80 valence electrons. The molecule has 0 unspecified atom stereocenters. The fourth-order valence-corrected chi connectivity index (χ4v) is 4.48. The highest BCUT2D eigenvalue weighted by atomic mass is 32.2. The van der Waals surface area contributed by atoms with E-state index < -0.39 is 0 Å². The number of fused-ring (bicyclic) bond motifs is 1. The number of phenols is 1. The van der Waals surface area contributed by atoms with E-state index in [-0.39, 0.29) is 0 Å². The Morgan fingerprint density at radius 2 is 1.93 bits per heavy atom. The van der Waals surface area contributed by atoms with Crippen LogP contribution in [-0.4, -0.2) is 9.85 Å². The lowest BCUT2D eigenvalue weighted by Gasteiger charge is -2.32. The first-order chi connectivity index (χ1) is 7.27. The molecular formula is C13H16OS. The molecule has 1 saturated carbocycles. The molecule has 1 aromatic carbocycles. The van der Waals surface area contributed by atoms with Crippen molar-refractivity contribution in [1.29, 1.82) is 0 Å². The van der Waals surface area contributed by atoms with Crippen molar-refractivity contribution in [2.24, 2.45) is 0 Å². The van der Waals surface area contributed by atoms with Crippen LogP contribution in [0.2, 0.25) is 0 Å². The summed E-state index contributed by atoms with van der Waals surface area (Å²) in [4.78, 5) is 1.40. The number of benzene rings is 1. The molecule has 15 heavy (non-hydrogen) atoms. The molecule has 0 amide bonds. The number of rotatable bonds is 0. The van der Waals surface area contributed by atoms with E-state index in [9.17, 15) is 5.11 Å². The predicted octanol–water partition coefficient (Wildman–Crippen LogP) is 3.74. The predicted molar refractivity (Wildman–Crippen MR) is 63.5 cm³/mol. The van der Waals surface area contributed by atoms with E-state index in [0.29, 0.717) is 10.5 Å². The molecule has 0 saturated heterocycles. The lowest BCUT2D eigenvalue weighted by atomic mass is 9.84. The van der Waals surface area contributed by atoms with Crippen LogP contribution in [0.15, 0.2) is 23.1 Å². The molecule has 0 atom stereocenters. The Labute approximate surface area is 94.9 Å². The molecule has 1 fully saturated rings. The first-order valence-electron chi connectivity index (χ1n) is 5.78. The van der Waals surface area contributed by atoms with Gasteiger partial charge in [-0.1, -0.05) is 19.3 Å². The first kappa shape index (κ1) is 9.59. The third-order valence-corrected chi connectivity index (χ3v) is 5.25. The van der Waals surface area contributed by atoms with Crippen molar-refractivity contribution in [2.45, 2.75) is 48.2 Å². The van der Waals surface area contributed by atoms with Crippen LogP contribution in [-0.2, 0) is 6.42 Å². The van der Waals surface area contributed by atoms with Crippen molar-refractivity contribution >= 4 is 11.8 Å². The zero-order valence-electron chi connectivity index (χ0n) is 8.83. The van der Waals surface area contributed by atoms with Gasteiger partial charge in [-0.15, -0.1) is 11.8 Å². The monoisotopic (exact) mass is 220 g/mol. The normalized spacial score (nSPS) is 22.9. The van der Waals surface area contributed by atoms with Gasteiger partial charge in [-0.25, -0.2) is 0 Å². The number of thioether (sulfide) groups is 1. The van der Waals surface area contributed by atoms with Crippen LogP contribution in [0.1, 0.15) is 37.7 Å². The quantitative estimate of drug-likeness (QED) is 0.718. The minimum atomic E-state index is 0.419. The number of phenolic OH excluding ortho intramolecular Hbond substituents is 1. The Morgan fingerprint density at radius 1 is 1.13 bits per heavy atom. The van der Waals surface area contributed by atoms with E-state index >= 15 is 0 Å². The van der Waals surface area contributed by atoms with Gasteiger partial charge in [0.1, 0.15) is 5.75 Å². The summed E-state index contributed by atoms with van der Waals surface area (Å²) in [6.45, 7) is 0. The molecule has 1 aliphatic heterocycles. The molecule has 0 aromatic heterocycles. The Kier molecular flexibility index (Phi) is 2.20. The molecule has 2 heteroatoms. The summed E-state index contributed by atoms with van der Waals surface area (Å²) in [5, 5.41) is 9.47. The van der Waals surface area contributed by atoms with Crippen LogP contribution in [0, 0.1) is 0 Å². The van der Waals surface area contributed by atoms with Gasteiger partial charge in [0.2, 0.25) is 0 Å². The largest absolute Gasteiger partial charge is 0.508 e. The van der Waals surface area contributed by atoms with Crippen molar-refractivity contribution in [3.63, 3.8) is 0 Å². The average Bonchev–Trinajstić information content (AvgIpc) is 2.56. The lowest BCUT2D eigenvalue weighted by Crippen LogP contribution is -2.26. The molecule has 1 aromatic rings. The molecule has 1 aliphatic carbocycles. The Balaban J connectivity index is 1.90. The van der Waals surface area contributed by atoms with Crippen LogP contribution in [0.3, 0.4) is 0 Å². The van der Waals surface area contributed by atoms with Gasteiger partial charge >= 0.3 is 0 Å². The second kappa shape index (κ2) is 3.44. The fourth-order valence-electron chi connectivity index (χ4n) is 2.89. The summed E-state index contributed by atoms with van der Waals surface area (Å²) in [7, 11) is 0. The molecule has 1 nitrogen and oxygen atoms in total. The smallest absolute Gasteiger partial charge is 0.115 e. The standard InChI is InChI=1S/C13H16OS/c14-11-4-5-12-10(8-11)9-13(15-12)6-2-1-3-7-13/h4-5,8,14H,1-3,6-7,9H2. The zero-order valence-corrected chi connectivity index (χ0v) is 9.65. The molecule has 1 N–H and O–H groups in total. The van der Waals surface area contributed by atoms with E-state index in [0.717, 1.165) is 0 Å². The highest BCUT2D eigenvalue weighted by Gasteiger charge is 2.38. The van der Waals surface area contributed by atoms with Crippen LogP contribution in [0.25, 0.3) is 0 Å². The van der Waals surface area contributed by atoms with Crippen LogP contribution in [0.5, 0.6) is 5.75 Å². The lowest BCUT2D eigenvalue weighted by molar-refractivity contribution is 0.400. The van der Waals surface area contributed by atoms with Gasteiger partial charge < -0.3 is 5.11 Å². The number of aromatic hydroxyl groups is 1. The van der Waals surface area contributed by atoms with Gasteiger partial charge in [0.05, 0.1) is 0 Å². The van der Waals surface area contributed by atoms with Crippen LogP contribution >= 0.6 is 11.8 Å². The summed E-state index contributed by atoms with van der Waals surface area (Å²) in [5.41, 5.74) is 1.36. The summed E-state index contributed by atoms with van der Waals surface area (Å²) in [6.07, 6.45) is 8.05. The molecule has 1 spiro atoms. The Morgan fingerprint density at radius 3 is 2.73 bits per heavy atom. The summed E-state index contributed by atoms with van der Waals surface area (Å²) < 4.78 is 0.481. The highest BCUT2D eigenvalue weighted by molar-refractivity contribution is 8.01. The minimum Gasteiger partial charge on any atom is -0.508 e. The van der Waals surface area contributed by atoms with E-state index in [1.807, 2.05) is 12.1 Å². The van der Waals surface area contributed by atoms with E-state index in [4.69, 9.17) is 0 Å². The maximum atomic E-state index is 9.47. The van der Waals surface area contributed by atoms with E-state index in [2.05, 4.69) is 17.8 Å². The van der Waals surface area contributed by atoms with Crippen molar-refractivity contribution < 1.29 is 5.11 Å². The van der Waals surface area contributed by atoms with Crippen molar-refractivity contribution in [3.8, 4) is 5.75 Å². The van der Waals surface area contributed by atoms with Gasteiger partial charge in [0.25, 0.3) is 0 Å². The minimum absolute atomic E-state index is 0.419. The molecule has 0 radical (unpaired) electrons. The van der Waals surface area contributed by atoms with Gasteiger partial charge in [-0.3, -0.25) is 0 Å². The SMILES string of the molecule is Oc1ccc2c(c1)CC1(CCCCC1)S2. The van der Waals surface area contributed by atoms with Gasteiger partial charge in [-0.2, -0.15) is 0 Å². The fraction of sp³-hybridized carbons (Fsp3) is 0.538. The summed E-state index contributed by atoms with van der Waals surface area (Å²) in [5.74, 6) is 0.419. The number of hydrogen-bond acceptors (Lipinski definition) is 2. The maximum absolute atomic E-state index is 9.47. The molecular weight excluding hydrogens is 204 g/mol. The van der Waals surface area contributed by atoms with Crippen molar-refractivity contribution in [1.82, 2.24) is 0 Å². The van der Waals surface area contributed by atoms with Crippen molar-refractivity contribution in [3.05, 3.63) is 23.8 Å². The topological polar surface area (TPSA) is 20.2 Å². The maximum Gasteiger partial charge on any atom is 0.115 e. The zero-order chi connectivity index (χ0) is 10.3. The Hall–Kier alpha value is -0.630. The number of hydrogen-bond donors (Lipinski definition) is 1.